The van der Waals surface area contributed by atoms with Gasteiger partial charge in [-0.2, -0.15) is 5.10 Å². The fraction of sp³-hybridized carbons (Fsp3) is 0.167. The van der Waals surface area contributed by atoms with Gasteiger partial charge in [0.2, 0.25) is 0 Å². The number of aromatic amines is 1. The molecule has 172 valence electrons. The first kappa shape index (κ1) is 21.8. The molecule has 0 fully saturated rings. The van der Waals surface area contributed by atoms with Gasteiger partial charge in [0.15, 0.2) is 23.0 Å². The predicted octanol–water partition coefficient (Wildman–Crippen LogP) is 4.60. The zero-order valence-corrected chi connectivity index (χ0v) is 19.1. The number of hydrogen-bond acceptors (Lipinski definition) is 6. The Hall–Kier alpha value is -3.98. The summed E-state index contributed by atoms with van der Waals surface area (Å²) in [5, 5.41) is 7.67. The highest BCUT2D eigenvalue weighted by Crippen LogP contribution is 2.28. The van der Waals surface area contributed by atoms with Crippen LogP contribution in [0.25, 0.3) is 11.2 Å². The molecule has 5 rings (SSSR count). The number of nitrogens with one attached hydrogen (secondary N) is 2. The second kappa shape index (κ2) is 9.48. The average molecular weight is 478 g/mol. The molecule has 0 saturated carbocycles. The van der Waals surface area contributed by atoms with Crippen molar-refractivity contribution in [2.75, 3.05) is 12.4 Å². The maximum atomic E-state index is 14.6. The number of H-pyrrole nitrogens is 1. The van der Waals surface area contributed by atoms with Gasteiger partial charge in [-0.15, -0.1) is 0 Å². The smallest absolute Gasteiger partial charge is 0.183 e. The Kier molecular flexibility index (Phi) is 6.09. The molecular weight excluding hydrogens is 457 g/mol. The van der Waals surface area contributed by atoms with Crippen molar-refractivity contribution in [3.8, 4) is 5.75 Å². The van der Waals surface area contributed by atoms with E-state index < -0.39 is 5.82 Å². The van der Waals surface area contributed by atoms with Gasteiger partial charge >= 0.3 is 0 Å². The Morgan fingerprint density at radius 3 is 2.71 bits per heavy atom. The first-order valence-electron chi connectivity index (χ1n) is 10.6. The molecule has 10 heteroatoms. The van der Waals surface area contributed by atoms with Gasteiger partial charge in [0.05, 0.1) is 13.7 Å². The molecule has 0 bridgehead atoms. The van der Waals surface area contributed by atoms with Gasteiger partial charge in [-0.25, -0.2) is 19.3 Å². The van der Waals surface area contributed by atoms with Crippen LogP contribution in [0, 0.1) is 5.82 Å². The molecule has 0 unspecified atom stereocenters. The molecule has 2 aromatic carbocycles. The minimum absolute atomic E-state index is 0.125. The fourth-order valence-corrected chi connectivity index (χ4v) is 3.91. The molecule has 8 nitrogen and oxygen atoms in total. The lowest BCUT2D eigenvalue weighted by Crippen LogP contribution is -2.06. The molecule has 34 heavy (non-hydrogen) atoms. The van der Waals surface area contributed by atoms with Crippen LogP contribution in [-0.2, 0) is 19.5 Å². The lowest BCUT2D eigenvalue weighted by atomic mass is 10.1. The standard InChI is InChI=1S/C24H21ClFN7O/c1-34-19-8-7-18(25)17(21(19)26)12-27-23-22-24(29-14-28-23)32-20(31-22)11-15-3-5-16(6-4-15)13-33-10-2-9-30-33/h2-10,14H,11-13H2,1H3,(H2,27,28,29,31,32). The number of fused-ring (bicyclic) bond motifs is 1. The van der Waals surface area contributed by atoms with Crippen LogP contribution < -0.4 is 10.1 Å². The Morgan fingerprint density at radius 1 is 1.12 bits per heavy atom. The van der Waals surface area contributed by atoms with Gasteiger partial charge in [0.1, 0.15) is 17.7 Å². The van der Waals surface area contributed by atoms with Crippen LogP contribution in [0.1, 0.15) is 22.5 Å². The Bertz CT molecular complexity index is 1420. The summed E-state index contributed by atoms with van der Waals surface area (Å²) < 4.78 is 21.6. The van der Waals surface area contributed by atoms with E-state index in [2.05, 4.69) is 54.6 Å². The third-order valence-electron chi connectivity index (χ3n) is 5.44. The van der Waals surface area contributed by atoms with Crippen molar-refractivity contribution < 1.29 is 9.13 Å². The van der Waals surface area contributed by atoms with E-state index >= 15 is 0 Å². The zero-order chi connectivity index (χ0) is 23.5. The molecule has 0 atom stereocenters. The minimum Gasteiger partial charge on any atom is -0.494 e. The van der Waals surface area contributed by atoms with Gasteiger partial charge in [-0.1, -0.05) is 35.9 Å². The van der Waals surface area contributed by atoms with E-state index in [0.717, 1.165) is 23.5 Å². The van der Waals surface area contributed by atoms with Crippen molar-refractivity contribution >= 4 is 28.6 Å². The van der Waals surface area contributed by atoms with Crippen LogP contribution in [0.15, 0.2) is 61.2 Å². The third-order valence-corrected chi connectivity index (χ3v) is 5.79. The normalized spacial score (nSPS) is 11.1. The molecule has 0 radical (unpaired) electrons. The number of hydrogen-bond donors (Lipinski definition) is 2. The summed E-state index contributed by atoms with van der Waals surface area (Å²) in [6, 6.07) is 13.3. The summed E-state index contributed by atoms with van der Waals surface area (Å²) in [5.74, 6) is 0.892. The van der Waals surface area contributed by atoms with E-state index in [1.165, 1.54) is 19.5 Å². The van der Waals surface area contributed by atoms with Crippen molar-refractivity contribution in [1.29, 1.82) is 0 Å². The maximum absolute atomic E-state index is 14.6. The van der Waals surface area contributed by atoms with E-state index in [4.69, 9.17) is 16.3 Å². The van der Waals surface area contributed by atoms with E-state index in [1.807, 2.05) is 16.9 Å². The summed E-state index contributed by atoms with van der Waals surface area (Å²) in [4.78, 5) is 16.4. The molecule has 0 amide bonds. The molecule has 0 saturated heterocycles. The Morgan fingerprint density at radius 2 is 1.94 bits per heavy atom. The zero-order valence-electron chi connectivity index (χ0n) is 18.3. The van der Waals surface area contributed by atoms with Gasteiger partial charge in [0.25, 0.3) is 0 Å². The monoisotopic (exact) mass is 477 g/mol. The Labute approximate surface area is 199 Å². The van der Waals surface area contributed by atoms with E-state index in [0.29, 0.717) is 34.0 Å². The quantitative estimate of drug-likeness (QED) is 0.339. The molecule has 0 aliphatic heterocycles. The SMILES string of the molecule is COc1ccc(Cl)c(CNc2ncnc3nc(Cc4ccc(Cn5cccn5)cc4)[nH]c23)c1F. The molecule has 0 aliphatic carbocycles. The first-order chi connectivity index (χ1) is 16.6. The van der Waals surface area contributed by atoms with Crippen LogP contribution in [0.5, 0.6) is 5.75 Å². The molecule has 0 aliphatic rings. The molecule has 3 aromatic heterocycles. The number of methoxy groups -OCH3 is 1. The average Bonchev–Trinajstić information content (AvgIpc) is 3.50. The lowest BCUT2D eigenvalue weighted by Gasteiger charge is -2.11. The first-order valence-corrected chi connectivity index (χ1v) is 11.0. The topological polar surface area (TPSA) is 93.5 Å². The highest BCUT2D eigenvalue weighted by molar-refractivity contribution is 6.31. The van der Waals surface area contributed by atoms with Crippen molar-refractivity contribution in [2.24, 2.45) is 0 Å². The van der Waals surface area contributed by atoms with Gasteiger partial charge in [0, 0.05) is 35.9 Å². The summed E-state index contributed by atoms with van der Waals surface area (Å²) in [6.07, 6.45) is 5.73. The summed E-state index contributed by atoms with van der Waals surface area (Å²) in [7, 11) is 1.41. The molecule has 5 aromatic rings. The number of aromatic nitrogens is 6. The number of rotatable bonds is 8. The lowest BCUT2D eigenvalue weighted by molar-refractivity contribution is 0.384. The van der Waals surface area contributed by atoms with Crippen LogP contribution in [-0.4, -0.2) is 36.8 Å². The van der Waals surface area contributed by atoms with Crippen LogP contribution in [0.3, 0.4) is 0 Å². The van der Waals surface area contributed by atoms with Gasteiger partial charge < -0.3 is 15.0 Å². The maximum Gasteiger partial charge on any atom is 0.183 e. The van der Waals surface area contributed by atoms with E-state index in [-0.39, 0.29) is 12.3 Å². The largest absolute Gasteiger partial charge is 0.494 e. The Balaban J connectivity index is 1.32. The summed E-state index contributed by atoms with van der Waals surface area (Å²) in [5.41, 5.74) is 3.74. The van der Waals surface area contributed by atoms with Gasteiger partial charge in [-0.3, -0.25) is 4.68 Å². The predicted molar refractivity (Wildman–Crippen MR) is 128 cm³/mol. The van der Waals surface area contributed by atoms with Crippen LogP contribution in [0.2, 0.25) is 5.02 Å². The number of imidazole rings is 1. The van der Waals surface area contributed by atoms with E-state index in [9.17, 15) is 4.39 Å². The molecule has 3 heterocycles. The van der Waals surface area contributed by atoms with E-state index in [1.54, 1.807) is 12.3 Å². The molecule has 0 spiro atoms. The van der Waals surface area contributed by atoms with Crippen molar-refractivity contribution in [1.82, 2.24) is 29.7 Å². The second-order valence-electron chi connectivity index (χ2n) is 7.70. The summed E-state index contributed by atoms with van der Waals surface area (Å²) in [6.45, 7) is 0.848. The summed E-state index contributed by atoms with van der Waals surface area (Å²) >= 11 is 6.19. The highest BCUT2D eigenvalue weighted by atomic mass is 35.5. The second-order valence-corrected chi connectivity index (χ2v) is 8.10. The van der Waals surface area contributed by atoms with Crippen LogP contribution >= 0.6 is 11.6 Å². The molecular formula is C24H21ClFN7O. The third kappa shape index (κ3) is 4.55. The highest BCUT2D eigenvalue weighted by Gasteiger charge is 2.15. The van der Waals surface area contributed by atoms with Crippen LogP contribution in [0.4, 0.5) is 10.2 Å². The van der Waals surface area contributed by atoms with Crippen molar-refractivity contribution in [3.63, 3.8) is 0 Å². The number of benzene rings is 2. The number of halogens is 2. The number of ether oxygens (including phenoxy) is 1. The van der Waals surface area contributed by atoms with Gasteiger partial charge in [-0.05, 0) is 29.3 Å². The van der Waals surface area contributed by atoms with Crippen molar-refractivity contribution in [3.05, 3.63) is 94.5 Å². The molecule has 2 N–H and O–H groups in total. The number of anilines is 1. The minimum atomic E-state index is -0.505. The van der Waals surface area contributed by atoms with Crippen molar-refractivity contribution in [2.45, 2.75) is 19.5 Å². The number of nitrogens with zero attached hydrogens (tertiary/aromatic N) is 5. The fourth-order valence-electron chi connectivity index (χ4n) is 3.70.